The van der Waals surface area contributed by atoms with Gasteiger partial charge in [-0.25, -0.2) is 0 Å². The van der Waals surface area contributed by atoms with Crippen molar-refractivity contribution in [3.8, 4) is 0 Å². The minimum atomic E-state index is -0.191. The third-order valence-electron chi connectivity index (χ3n) is 1.26. The molecule has 0 aromatic rings. The number of nitrogens with one attached hydrogen (secondary N) is 1. The number of hydrogen-bond donors (Lipinski definition) is 1. The van der Waals surface area contributed by atoms with Crippen LogP contribution in [0.3, 0.4) is 0 Å². The largest absolute Gasteiger partial charge is 0.316 e. The molecule has 0 spiro atoms. The Morgan fingerprint density at radius 1 is 1.30 bits per heavy atom. The number of unbranched alkanes of at least 4 members (excludes halogenated alkanes) is 1. The van der Waals surface area contributed by atoms with Crippen LogP contribution in [0.15, 0.2) is 12.7 Å². The first-order chi connectivity index (χ1) is 4.91. The maximum Gasteiger partial charge on any atom is 0.0894 e. The molecule has 0 bridgehead atoms. The molecule has 0 unspecified atom stereocenters. The zero-order valence-electron chi connectivity index (χ0n) is 6.41. The second-order valence-electron chi connectivity index (χ2n) is 2.22. The Labute approximate surface area is 62.3 Å². The summed E-state index contributed by atoms with van der Waals surface area (Å²) < 4.78 is 11.5. The summed E-state index contributed by atoms with van der Waals surface area (Å²) in [6, 6.07) is 0. The van der Waals surface area contributed by atoms with Gasteiger partial charge in [0.25, 0.3) is 0 Å². The van der Waals surface area contributed by atoms with E-state index in [-0.39, 0.29) is 6.67 Å². The van der Waals surface area contributed by atoms with Gasteiger partial charge in [0.05, 0.1) is 6.67 Å². The molecule has 0 aliphatic heterocycles. The van der Waals surface area contributed by atoms with Gasteiger partial charge in [0.1, 0.15) is 0 Å². The summed E-state index contributed by atoms with van der Waals surface area (Å²) in [4.78, 5) is 0. The molecule has 2 heteroatoms. The molecule has 0 aromatic carbocycles. The fraction of sp³-hybridized carbons (Fsp3) is 0.750. The topological polar surface area (TPSA) is 12.0 Å². The predicted molar refractivity (Wildman–Crippen MR) is 42.9 cm³/mol. The maximum atomic E-state index is 11.5. The van der Waals surface area contributed by atoms with Gasteiger partial charge in [-0.15, -0.1) is 6.58 Å². The Balaban J connectivity index is 2.70. The van der Waals surface area contributed by atoms with Gasteiger partial charge >= 0.3 is 0 Å². The van der Waals surface area contributed by atoms with Crippen molar-refractivity contribution >= 4 is 0 Å². The van der Waals surface area contributed by atoms with E-state index in [1.807, 2.05) is 6.08 Å². The summed E-state index contributed by atoms with van der Waals surface area (Å²) in [5.41, 5.74) is 0. The summed E-state index contributed by atoms with van der Waals surface area (Å²) in [7, 11) is 0. The van der Waals surface area contributed by atoms with Crippen LogP contribution < -0.4 is 5.32 Å². The quantitative estimate of drug-likeness (QED) is 0.426. The van der Waals surface area contributed by atoms with E-state index in [9.17, 15) is 4.39 Å². The Morgan fingerprint density at radius 3 is 2.70 bits per heavy atom. The van der Waals surface area contributed by atoms with E-state index in [1.165, 1.54) is 0 Å². The van der Waals surface area contributed by atoms with Gasteiger partial charge < -0.3 is 5.32 Å². The highest BCUT2D eigenvalue weighted by atomic mass is 19.1. The van der Waals surface area contributed by atoms with Gasteiger partial charge in [-0.05, 0) is 32.4 Å². The molecule has 0 aromatic heterocycles. The standard InChI is InChI=1S/C8H16FN/c1-2-3-7-10-8-5-4-6-9/h2,10H,1,3-8H2. The number of hydrogen-bond acceptors (Lipinski definition) is 1. The number of alkyl halides is 1. The van der Waals surface area contributed by atoms with Crippen molar-refractivity contribution in [2.45, 2.75) is 19.3 Å². The monoisotopic (exact) mass is 145 g/mol. The number of halogens is 1. The highest BCUT2D eigenvalue weighted by Crippen LogP contribution is 1.86. The summed E-state index contributed by atoms with van der Waals surface area (Å²) in [5.74, 6) is 0. The summed E-state index contributed by atoms with van der Waals surface area (Å²) >= 11 is 0. The molecule has 0 amide bonds. The lowest BCUT2D eigenvalue weighted by molar-refractivity contribution is 0.455. The average Bonchev–Trinajstić information content (AvgIpc) is 1.97. The molecule has 0 aliphatic carbocycles. The minimum Gasteiger partial charge on any atom is -0.316 e. The fourth-order valence-electron chi connectivity index (χ4n) is 0.674. The van der Waals surface area contributed by atoms with E-state index in [4.69, 9.17) is 0 Å². The first kappa shape index (κ1) is 9.63. The number of rotatable bonds is 7. The summed E-state index contributed by atoms with van der Waals surface area (Å²) in [5, 5.41) is 3.18. The minimum absolute atomic E-state index is 0.191. The highest BCUT2D eigenvalue weighted by molar-refractivity contribution is 4.67. The molecular formula is C8H16FN. The molecule has 1 N–H and O–H groups in total. The predicted octanol–water partition coefficient (Wildman–Crippen LogP) is 1.90. The summed E-state index contributed by atoms with van der Waals surface area (Å²) in [6.07, 6.45) is 4.49. The Hall–Kier alpha value is -0.370. The zero-order chi connectivity index (χ0) is 7.66. The second kappa shape index (κ2) is 8.63. The molecule has 0 aliphatic rings. The van der Waals surface area contributed by atoms with E-state index in [0.717, 1.165) is 25.9 Å². The Kier molecular flexibility index (Phi) is 8.31. The molecule has 0 heterocycles. The van der Waals surface area contributed by atoms with Gasteiger partial charge in [0, 0.05) is 0 Å². The van der Waals surface area contributed by atoms with Crippen LogP contribution in [-0.4, -0.2) is 19.8 Å². The molecule has 0 rings (SSSR count). The first-order valence-electron chi connectivity index (χ1n) is 3.79. The van der Waals surface area contributed by atoms with Crippen molar-refractivity contribution in [3.05, 3.63) is 12.7 Å². The van der Waals surface area contributed by atoms with E-state index in [1.54, 1.807) is 0 Å². The van der Waals surface area contributed by atoms with Gasteiger partial charge in [-0.2, -0.15) is 0 Å². The molecule has 0 saturated carbocycles. The van der Waals surface area contributed by atoms with Crippen LogP contribution in [0.2, 0.25) is 0 Å². The lowest BCUT2D eigenvalue weighted by atomic mass is 10.3. The van der Waals surface area contributed by atoms with Crippen LogP contribution in [-0.2, 0) is 0 Å². The zero-order valence-corrected chi connectivity index (χ0v) is 6.41. The average molecular weight is 145 g/mol. The fourth-order valence-corrected chi connectivity index (χ4v) is 0.674. The lowest BCUT2D eigenvalue weighted by Gasteiger charge is -1.99. The first-order valence-corrected chi connectivity index (χ1v) is 3.79. The van der Waals surface area contributed by atoms with Crippen molar-refractivity contribution < 1.29 is 4.39 Å². The van der Waals surface area contributed by atoms with Crippen LogP contribution in [0.4, 0.5) is 4.39 Å². The molecule has 0 fully saturated rings. The third kappa shape index (κ3) is 7.63. The van der Waals surface area contributed by atoms with Gasteiger partial charge in [0.2, 0.25) is 0 Å². The van der Waals surface area contributed by atoms with Crippen LogP contribution in [0.5, 0.6) is 0 Å². The molecule has 0 radical (unpaired) electrons. The van der Waals surface area contributed by atoms with Gasteiger partial charge in [-0.3, -0.25) is 4.39 Å². The molecule has 60 valence electrons. The van der Waals surface area contributed by atoms with Crippen LogP contribution in [0.1, 0.15) is 19.3 Å². The van der Waals surface area contributed by atoms with Crippen LogP contribution >= 0.6 is 0 Å². The molecule has 0 atom stereocenters. The van der Waals surface area contributed by atoms with Crippen LogP contribution in [0.25, 0.3) is 0 Å². The van der Waals surface area contributed by atoms with Crippen LogP contribution in [0, 0.1) is 0 Å². The second-order valence-corrected chi connectivity index (χ2v) is 2.22. The Bertz CT molecular complexity index is 73.7. The smallest absolute Gasteiger partial charge is 0.0894 e. The molecule has 10 heavy (non-hydrogen) atoms. The Morgan fingerprint density at radius 2 is 2.10 bits per heavy atom. The third-order valence-corrected chi connectivity index (χ3v) is 1.26. The van der Waals surface area contributed by atoms with Crippen molar-refractivity contribution in [2.75, 3.05) is 19.8 Å². The van der Waals surface area contributed by atoms with Gasteiger partial charge in [0.15, 0.2) is 0 Å². The molecule has 0 saturated heterocycles. The van der Waals surface area contributed by atoms with Crippen molar-refractivity contribution in [1.82, 2.24) is 5.32 Å². The van der Waals surface area contributed by atoms with E-state index in [2.05, 4.69) is 11.9 Å². The highest BCUT2D eigenvalue weighted by Gasteiger charge is 1.85. The van der Waals surface area contributed by atoms with Crippen molar-refractivity contribution in [2.24, 2.45) is 0 Å². The maximum absolute atomic E-state index is 11.5. The van der Waals surface area contributed by atoms with E-state index >= 15 is 0 Å². The van der Waals surface area contributed by atoms with Crippen molar-refractivity contribution in [3.63, 3.8) is 0 Å². The lowest BCUT2D eigenvalue weighted by Crippen LogP contribution is -2.15. The van der Waals surface area contributed by atoms with E-state index < -0.39 is 0 Å². The van der Waals surface area contributed by atoms with E-state index in [0.29, 0.717) is 6.42 Å². The molecule has 1 nitrogen and oxygen atoms in total. The summed E-state index contributed by atoms with van der Waals surface area (Å²) in [6.45, 7) is 5.30. The SMILES string of the molecule is C=CCCNCCCCF. The van der Waals surface area contributed by atoms with Gasteiger partial charge in [-0.1, -0.05) is 6.08 Å². The molecular weight excluding hydrogens is 129 g/mol. The van der Waals surface area contributed by atoms with Crippen molar-refractivity contribution in [1.29, 1.82) is 0 Å². The normalized spacial score (nSPS) is 9.70.